The topological polar surface area (TPSA) is 38.2 Å². The van der Waals surface area contributed by atoms with Crippen LogP contribution in [-0.2, 0) is 13.0 Å². The molecular formula is C22H29N3O. The smallest absolute Gasteiger partial charge is 0.316 e. The number of aromatic nitrogens is 2. The molecule has 2 fully saturated rings. The van der Waals surface area contributed by atoms with Gasteiger partial charge < -0.3 is 4.74 Å². The summed E-state index contributed by atoms with van der Waals surface area (Å²) in [4.78, 5) is 11.1. The number of aryl methyl sites for hydroxylation is 1. The van der Waals surface area contributed by atoms with Gasteiger partial charge in [-0.1, -0.05) is 31.2 Å². The third kappa shape index (κ3) is 4.24. The molecule has 1 aromatic heterocycles. The van der Waals surface area contributed by atoms with Gasteiger partial charge in [0.1, 0.15) is 0 Å². The zero-order valence-electron chi connectivity index (χ0n) is 15.7. The van der Waals surface area contributed by atoms with Gasteiger partial charge in [-0.3, -0.25) is 4.90 Å². The first kappa shape index (κ1) is 17.5. The molecule has 138 valence electrons. The van der Waals surface area contributed by atoms with Crippen molar-refractivity contribution in [3.63, 3.8) is 0 Å². The molecule has 0 bridgehead atoms. The Hall–Kier alpha value is -1.94. The number of rotatable bonds is 7. The highest BCUT2D eigenvalue weighted by Crippen LogP contribution is 2.41. The van der Waals surface area contributed by atoms with Crippen molar-refractivity contribution in [1.29, 1.82) is 0 Å². The molecule has 4 rings (SSSR count). The largest absolute Gasteiger partial charge is 0.463 e. The molecule has 1 aliphatic carbocycles. The number of hydrogen-bond donors (Lipinski definition) is 0. The molecule has 0 atom stereocenters. The summed E-state index contributed by atoms with van der Waals surface area (Å²) in [6.45, 7) is 6.47. The van der Waals surface area contributed by atoms with E-state index in [9.17, 15) is 0 Å². The second kappa shape index (κ2) is 8.17. The monoisotopic (exact) mass is 351 g/mol. The second-order valence-electron chi connectivity index (χ2n) is 7.80. The molecule has 2 aromatic rings. The molecular weight excluding hydrogens is 322 g/mol. The van der Waals surface area contributed by atoms with Crippen LogP contribution < -0.4 is 4.74 Å². The maximum Gasteiger partial charge on any atom is 0.316 e. The predicted octanol–water partition coefficient (Wildman–Crippen LogP) is 4.21. The Bertz CT molecular complexity index is 686. The highest BCUT2D eigenvalue weighted by Gasteiger charge is 2.30. The fraction of sp³-hybridized carbons (Fsp3) is 0.545. The van der Waals surface area contributed by atoms with Gasteiger partial charge in [0.25, 0.3) is 0 Å². The Kier molecular flexibility index (Phi) is 5.49. The molecule has 1 saturated heterocycles. The maximum absolute atomic E-state index is 5.76. The summed E-state index contributed by atoms with van der Waals surface area (Å²) in [5.74, 6) is 1.31. The van der Waals surface area contributed by atoms with Gasteiger partial charge >= 0.3 is 6.01 Å². The van der Waals surface area contributed by atoms with Gasteiger partial charge in [0.2, 0.25) is 0 Å². The Morgan fingerprint density at radius 3 is 2.35 bits per heavy atom. The summed E-state index contributed by atoms with van der Waals surface area (Å²) in [6, 6.07) is 9.82. The van der Waals surface area contributed by atoms with Crippen LogP contribution in [0.4, 0.5) is 0 Å². The van der Waals surface area contributed by atoms with E-state index in [1.54, 1.807) is 0 Å². The highest BCUT2D eigenvalue weighted by molar-refractivity contribution is 5.27. The number of nitrogens with zero attached hydrogens (tertiary/aromatic N) is 3. The van der Waals surface area contributed by atoms with Crippen LogP contribution in [0.2, 0.25) is 0 Å². The van der Waals surface area contributed by atoms with Crippen molar-refractivity contribution in [3.8, 4) is 6.01 Å². The molecule has 0 amide bonds. The highest BCUT2D eigenvalue weighted by atomic mass is 16.5. The Morgan fingerprint density at radius 1 is 1.00 bits per heavy atom. The van der Waals surface area contributed by atoms with Gasteiger partial charge in [0.15, 0.2) is 0 Å². The standard InChI is InChI=1S/C22H29N3O/c1-2-17-13-23-22(24-14-17)26-16-19-11-21(12-19)20-7-5-18(6-8-20)15-25-9-3-4-10-25/h5-8,13-14,19,21H,2-4,9-12,15-16H2,1H3. The fourth-order valence-electron chi connectivity index (χ4n) is 4.03. The van der Waals surface area contributed by atoms with Crippen LogP contribution in [-0.4, -0.2) is 34.6 Å². The van der Waals surface area contributed by atoms with Gasteiger partial charge in [-0.15, -0.1) is 0 Å². The summed E-state index contributed by atoms with van der Waals surface area (Å²) in [6.07, 6.45) is 9.80. The summed E-state index contributed by atoms with van der Waals surface area (Å²) >= 11 is 0. The van der Waals surface area contributed by atoms with E-state index >= 15 is 0 Å². The van der Waals surface area contributed by atoms with E-state index in [4.69, 9.17) is 4.74 Å². The van der Waals surface area contributed by atoms with Crippen LogP contribution >= 0.6 is 0 Å². The number of benzene rings is 1. The molecule has 0 spiro atoms. The maximum atomic E-state index is 5.76. The minimum absolute atomic E-state index is 0.511. The van der Waals surface area contributed by atoms with Gasteiger partial charge in [-0.2, -0.15) is 0 Å². The zero-order valence-corrected chi connectivity index (χ0v) is 15.7. The van der Waals surface area contributed by atoms with Crippen LogP contribution in [0.1, 0.15) is 55.2 Å². The van der Waals surface area contributed by atoms with Gasteiger partial charge in [-0.05, 0) is 73.7 Å². The van der Waals surface area contributed by atoms with E-state index in [-0.39, 0.29) is 0 Å². The van der Waals surface area contributed by atoms with Crippen LogP contribution in [0.3, 0.4) is 0 Å². The molecule has 1 saturated carbocycles. The van der Waals surface area contributed by atoms with E-state index in [2.05, 4.69) is 46.1 Å². The number of likely N-dealkylation sites (tertiary alicyclic amines) is 1. The number of ether oxygens (including phenoxy) is 1. The van der Waals surface area contributed by atoms with Crippen molar-refractivity contribution in [2.24, 2.45) is 5.92 Å². The van der Waals surface area contributed by atoms with Gasteiger partial charge in [0.05, 0.1) is 6.61 Å². The minimum atomic E-state index is 0.511. The summed E-state index contributed by atoms with van der Waals surface area (Å²) < 4.78 is 5.76. The van der Waals surface area contributed by atoms with Gasteiger partial charge in [-0.25, -0.2) is 9.97 Å². The normalized spacial score (nSPS) is 23.0. The Balaban J connectivity index is 1.21. The lowest BCUT2D eigenvalue weighted by molar-refractivity contribution is 0.149. The quantitative estimate of drug-likeness (QED) is 0.749. The molecule has 1 aliphatic heterocycles. The van der Waals surface area contributed by atoms with Crippen molar-refractivity contribution in [2.75, 3.05) is 19.7 Å². The first-order valence-corrected chi connectivity index (χ1v) is 10.0. The molecule has 2 heterocycles. The van der Waals surface area contributed by atoms with Crippen molar-refractivity contribution in [1.82, 2.24) is 14.9 Å². The average Bonchev–Trinajstić information content (AvgIpc) is 3.15. The second-order valence-corrected chi connectivity index (χ2v) is 7.80. The molecule has 2 aliphatic rings. The summed E-state index contributed by atoms with van der Waals surface area (Å²) in [7, 11) is 0. The first-order chi connectivity index (χ1) is 12.8. The van der Waals surface area contributed by atoms with Crippen LogP contribution in [0, 0.1) is 5.92 Å². The SMILES string of the molecule is CCc1cnc(OCC2CC(c3ccc(CN4CCCC4)cc3)C2)nc1. The average molecular weight is 351 g/mol. The van der Waals surface area contributed by atoms with Crippen molar-refractivity contribution in [2.45, 2.75) is 51.5 Å². The molecule has 0 radical (unpaired) electrons. The lowest BCUT2D eigenvalue weighted by Gasteiger charge is -2.35. The van der Waals surface area contributed by atoms with Crippen molar-refractivity contribution >= 4 is 0 Å². The van der Waals surface area contributed by atoms with E-state index in [0.717, 1.165) is 25.1 Å². The van der Waals surface area contributed by atoms with E-state index in [1.807, 2.05) is 12.4 Å². The predicted molar refractivity (Wildman–Crippen MR) is 103 cm³/mol. The van der Waals surface area contributed by atoms with Crippen LogP contribution in [0.15, 0.2) is 36.7 Å². The number of hydrogen-bond acceptors (Lipinski definition) is 4. The summed E-state index contributed by atoms with van der Waals surface area (Å²) in [5, 5.41) is 0. The van der Waals surface area contributed by atoms with Crippen LogP contribution in [0.25, 0.3) is 0 Å². The third-order valence-electron chi connectivity index (χ3n) is 5.83. The Morgan fingerprint density at radius 2 is 1.69 bits per heavy atom. The molecule has 0 N–H and O–H groups in total. The lowest BCUT2D eigenvalue weighted by Crippen LogP contribution is -2.27. The lowest BCUT2D eigenvalue weighted by atomic mass is 9.72. The van der Waals surface area contributed by atoms with Crippen molar-refractivity contribution in [3.05, 3.63) is 53.3 Å². The van der Waals surface area contributed by atoms with Gasteiger partial charge in [0, 0.05) is 18.9 Å². The zero-order chi connectivity index (χ0) is 17.8. The fourth-order valence-corrected chi connectivity index (χ4v) is 4.03. The van der Waals surface area contributed by atoms with E-state index < -0.39 is 0 Å². The molecule has 4 nitrogen and oxygen atoms in total. The van der Waals surface area contributed by atoms with Crippen molar-refractivity contribution < 1.29 is 4.74 Å². The minimum Gasteiger partial charge on any atom is -0.463 e. The molecule has 1 aromatic carbocycles. The third-order valence-corrected chi connectivity index (χ3v) is 5.83. The van der Waals surface area contributed by atoms with E-state index in [0.29, 0.717) is 17.8 Å². The van der Waals surface area contributed by atoms with Crippen LogP contribution in [0.5, 0.6) is 6.01 Å². The molecule has 0 unspecified atom stereocenters. The van der Waals surface area contributed by atoms with E-state index in [1.165, 1.54) is 49.9 Å². The molecule has 26 heavy (non-hydrogen) atoms. The summed E-state index contributed by atoms with van der Waals surface area (Å²) in [5.41, 5.74) is 4.08. The Labute approximate surface area is 156 Å². The molecule has 4 heteroatoms. The first-order valence-electron chi connectivity index (χ1n) is 10.0.